The van der Waals surface area contributed by atoms with Crippen molar-refractivity contribution in [2.45, 2.75) is 12.6 Å². The Hall–Kier alpha value is 0.0969. The highest BCUT2D eigenvalue weighted by Gasteiger charge is 1.96. The van der Waals surface area contributed by atoms with Crippen molar-refractivity contribution in [3.63, 3.8) is 0 Å². The minimum Gasteiger partial charge on any atom is -0.435 e. The van der Waals surface area contributed by atoms with Crippen LogP contribution in [0.1, 0.15) is 0 Å². The molecule has 0 aliphatic carbocycles. The maximum atomic E-state index is 8.85. The van der Waals surface area contributed by atoms with Gasteiger partial charge >= 0.3 is 0 Å². The standard InChI is InChI=1S/C5H14O3Si/c1-9(7)5-4-8-3-2-6/h6-7,9H,2-5H2,1H3. The average molecular weight is 150 g/mol. The van der Waals surface area contributed by atoms with E-state index in [2.05, 4.69) is 0 Å². The van der Waals surface area contributed by atoms with Crippen LogP contribution in [-0.2, 0) is 4.74 Å². The highest BCUT2D eigenvalue weighted by Crippen LogP contribution is 1.87. The van der Waals surface area contributed by atoms with Crippen LogP contribution in [0.15, 0.2) is 0 Å². The summed E-state index contributed by atoms with van der Waals surface area (Å²) in [5.41, 5.74) is 0. The summed E-state index contributed by atoms with van der Waals surface area (Å²) in [4.78, 5) is 8.85. The summed E-state index contributed by atoms with van der Waals surface area (Å²) in [5, 5.41) is 8.26. The van der Waals surface area contributed by atoms with Crippen LogP contribution in [0.5, 0.6) is 0 Å². The van der Waals surface area contributed by atoms with Gasteiger partial charge in [-0.25, -0.2) is 0 Å². The second kappa shape index (κ2) is 6.22. The topological polar surface area (TPSA) is 49.7 Å². The molecule has 0 aliphatic rings. The molecule has 0 aliphatic heterocycles. The smallest absolute Gasteiger partial charge is 0.171 e. The van der Waals surface area contributed by atoms with Gasteiger partial charge < -0.3 is 14.6 Å². The first-order valence-electron chi connectivity index (χ1n) is 3.14. The molecule has 0 heterocycles. The third-order valence-corrected chi connectivity index (χ3v) is 1.99. The maximum Gasteiger partial charge on any atom is 0.171 e. The highest BCUT2D eigenvalue weighted by molar-refractivity contribution is 6.48. The molecule has 0 radical (unpaired) electrons. The third kappa shape index (κ3) is 8.10. The van der Waals surface area contributed by atoms with Crippen molar-refractivity contribution >= 4 is 9.04 Å². The van der Waals surface area contributed by atoms with E-state index >= 15 is 0 Å². The predicted octanol–water partition coefficient (Wildman–Crippen LogP) is -0.659. The fourth-order valence-electron chi connectivity index (χ4n) is 0.421. The molecular weight excluding hydrogens is 136 g/mol. The maximum absolute atomic E-state index is 8.85. The lowest BCUT2D eigenvalue weighted by Gasteiger charge is -2.01. The van der Waals surface area contributed by atoms with Crippen LogP contribution >= 0.6 is 0 Å². The monoisotopic (exact) mass is 150 g/mol. The van der Waals surface area contributed by atoms with Crippen molar-refractivity contribution in [3.8, 4) is 0 Å². The molecule has 0 rings (SSSR count). The molecule has 3 nitrogen and oxygen atoms in total. The average Bonchev–Trinajstić information content (AvgIpc) is 1.80. The van der Waals surface area contributed by atoms with Gasteiger partial charge in [0.1, 0.15) is 0 Å². The molecule has 0 saturated heterocycles. The van der Waals surface area contributed by atoms with E-state index < -0.39 is 9.04 Å². The second-order valence-electron chi connectivity index (χ2n) is 1.97. The third-order valence-electron chi connectivity index (χ3n) is 0.916. The number of aliphatic hydroxyl groups is 1. The van der Waals surface area contributed by atoms with Gasteiger partial charge in [-0.15, -0.1) is 0 Å². The largest absolute Gasteiger partial charge is 0.435 e. The van der Waals surface area contributed by atoms with E-state index in [1.165, 1.54) is 0 Å². The molecule has 0 amide bonds. The molecule has 0 aromatic carbocycles. The minimum atomic E-state index is -1.42. The van der Waals surface area contributed by atoms with Crippen molar-refractivity contribution in [2.24, 2.45) is 0 Å². The fraction of sp³-hybridized carbons (Fsp3) is 1.00. The van der Waals surface area contributed by atoms with Crippen molar-refractivity contribution in [3.05, 3.63) is 0 Å². The van der Waals surface area contributed by atoms with Crippen LogP contribution < -0.4 is 0 Å². The van der Waals surface area contributed by atoms with Gasteiger partial charge in [0.15, 0.2) is 9.04 Å². The molecular formula is C5H14O3Si. The Morgan fingerprint density at radius 1 is 1.44 bits per heavy atom. The molecule has 1 unspecified atom stereocenters. The lowest BCUT2D eigenvalue weighted by Crippen LogP contribution is -2.10. The van der Waals surface area contributed by atoms with Crippen LogP contribution in [0.4, 0.5) is 0 Å². The zero-order valence-electron chi connectivity index (χ0n) is 5.71. The number of hydrogen-bond donors (Lipinski definition) is 2. The molecule has 1 atom stereocenters. The number of aliphatic hydroxyl groups excluding tert-OH is 1. The molecule has 56 valence electrons. The van der Waals surface area contributed by atoms with Crippen LogP contribution in [-0.4, -0.2) is 38.8 Å². The Bertz CT molecular complexity index is 58.2. The first-order valence-corrected chi connectivity index (χ1v) is 5.62. The molecule has 0 bridgehead atoms. The molecule has 0 saturated carbocycles. The molecule has 0 aromatic heterocycles. The Labute approximate surface area is 57.0 Å². The summed E-state index contributed by atoms with van der Waals surface area (Å²) < 4.78 is 4.92. The van der Waals surface area contributed by atoms with Crippen molar-refractivity contribution < 1.29 is 14.6 Å². The molecule has 4 heteroatoms. The van der Waals surface area contributed by atoms with Gasteiger partial charge in [0, 0.05) is 6.61 Å². The SMILES string of the molecule is C[SiH](O)CCOCCO. The number of hydrogen-bond acceptors (Lipinski definition) is 3. The van der Waals surface area contributed by atoms with E-state index in [0.717, 1.165) is 6.04 Å². The van der Waals surface area contributed by atoms with Crippen molar-refractivity contribution in [2.75, 3.05) is 19.8 Å². The van der Waals surface area contributed by atoms with Gasteiger partial charge in [0.2, 0.25) is 0 Å². The first kappa shape index (κ1) is 9.10. The summed E-state index contributed by atoms with van der Waals surface area (Å²) in [6, 6.07) is 0.778. The summed E-state index contributed by atoms with van der Waals surface area (Å²) >= 11 is 0. The van der Waals surface area contributed by atoms with E-state index in [0.29, 0.717) is 13.2 Å². The van der Waals surface area contributed by atoms with Crippen molar-refractivity contribution in [1.29, 1.82) is 0 Å². The molecule has 0 spiro atoms. The molecule has 0 aromatic rings. The Balaban J connectivity index is 2.75. The van der Waals surface area contributed by atoms with Gasteiger partial charge in [0.25, 0.3) is 0 Å². The van der Waals surface area contributed by atoms with Gasteiger partial charge in [-0.3, -0.25) is 0 Å². The van der Waals surface area contributed by atoms with Crippen molar-refractivity contribution in [1.82, 2.24) is 0 Å². The zero-order chi connectivity index (χ0) is 7.11. The van der Waals surface area contributed by atoms with E-state index in [9.17, 15) is 0 Å². The van der Waals surface area contributed by atoms with E-state index in [-0.39, 0.29) is 6.61 Å². The molecule has 2 N–H and O–H groups in total. The normalized spacial score (nSPS) is 13.7. The van der Waals surface area contributed by atoms with E-state index in [4.69, 9.17) is 14.6 Å². The molecule has 0 fully saturated rings. The lowest BCUT2D eigenvalue weighted by molar-refractivity contribution is 0.100. The van der Waals surface area contributed by atoms with Crippen LogP contribution in [0.25, 0.3) is 0 Å². The highest BCUT2D eigenvalue weighted by atomic mass is 28.3. The minimum absolute atomic E-state index is 0.0708. The summed E-state index contributed by atoms with van der Waals surface area (Å²) in [7, 11) is -1.42. The van der Waals surface area contributed by atoms with Crippen LogP contribution in [0.3, 0.4) is 0 Å². The number of rotatable bonds is 5. The Morgan fingerprint density at radius 3 is 2.56 bits per heavy atom. The summed E-state index contributed by atoms with van der Waals surface area (Å²) in [6.45, 7) is 2.90. The predicted molar refractivity (Wildman–Crippen MR) is 37.9 cm³/mol. The van der Waals surface area contributed by atoms with Crippen LogP contribution in [0.2, 0.25) is 12.6 Å². The quantitative estimate of drug-likeness (QED) is 0.404. The lowest BCUT2D eigenvalue weighted by atomic mass is 10.7. The van der Waals surface area contributed by atoms with Gasteiger partial charge in [0.05, 0.1) is 13.2 Å². The summed E-state index contributed by atoms with van der Waals surface area (Å²) in [6.07, 6.45) is 0. The second-order valence-corrected chi connectivity index (χ2v) is 4.25. The van der Waals surface area contributed by atoms with Gasteiger partial charge in [-0.05, 0) is 12.6 Å². The summed E-state index contributed by atoms with van der Waals surface area (Å²) in [5.74, 6) is 0. The molecule has 9 heavy (non-hydrogen) atoms. The first-order chi connectivity index (χ1) is 4.27. The van der Waals surface area contributed by atoms with Crippen LogP contribution in [0, 0.1) is 0 Å². The van der Waals surface area contributed by atoms with Gasteiger partial charge in [-0.1, -0.05) is 0 Å². The van der Waals surface area contributed by atoms with E-state index in [1.807, 2.05) is 6.55 Å². The van der Waals surface area contributed by atoms with E-state index in [1.54, 1.807) is 0 Å². The Morgan fingerprint density at radius 2 is 2.11 bits per heavy atom. The zero-order valence-corrected chi connectivity index (χ0v) is 6.86. The Kier molecular flexibility index (Phi) is 6.29. The fourth-order valence-corrected chi connectivity index (χ4v) is 0.928. The number of ether oxygens (including phenoxy) is 1. The van der Waals surface area contributed by atoms with Gasteiger partial charge in [-0.2, -0.15) is 0 Å².